The standard InChI is InChI=1S/C20H18ClN3O4S/c1-3-10-28-19-9-4-15(21)11-14(19)12-18-13(2)23-24(20(18)25)16-5-7-17(8-6-16)29(22,26)27/h3-9,11-12H,1,10H2,2H3,(H2,22,26,27)/b18-12-. The van der Waals surface area contributed by atoms with Crippen molar-refractivity contribution in [2.45, 2.75) is 11.8 Å². The zero-order valence-electron chi connectivity index (χ0n) is 15.5. The Bertz CT molecular complexity index is 1140. The number of halogens is 1. The van der Waals surface area contributed by atoms with Crippen LogP contribution in [0.4, 0.5) is 5.69 Å². The topological polar surface area (TPSA) is 102 Å². The van der Waals surface area contributed by atoms with Crippen LogP contribution in [0.25, 0.3) is 6.08 Å². The van der Waals surface area contributed by atoms with Crippen molar-refractivity contribution in [2.75, 3.05) is 11.6 Å². The van der Waals surface area contributed by atoms with Crippen molar-refractivity contribution in [1.82, 2.24) is 0 Å². The molecular formula is C20H18ClN3O4S. The Morgan fingerprint density at radius 3 is 2.55 bits per heavy atom. The molecule has 1 aliphatic rings. The van der Waals surface area contributed by atoms with Gasteiger partial charge in [-0.1, -0.05) is 24.3 Å². The Balaban J connectivity index is 1.94. The molecule has 0 bridgehead atoms. The Labute approximate surface area is 173 Å². The second-order valence-electron chi connectivity index (χ2n) is 6.18. The fourth-order valence-corrected chi connectivity index (χ4v) is 3.40. The highest BCUT2D eigenvalue weighted by Gasteiger charge is 2.29. The van der Waals surface area contributed by atoms with E-state index in [2.05, 4.69) is 11.7 Å². The third-order valence-electron chi connectivity index (χ3n) is 4.10. The first-order chi connectivity index (χ1) is 13.7. The minimum Gasteiger partial charge on any atom is -0.489 e. The molecule has 0 aromatic heterocycles. The highest BCUT2D eigenvalue weighted by Crippen LogP contribution is 2.30. The molecule has 0 atom stereocenters. The fraction of sp³-hybridized carbons (Fsp3) is 0.100. The molecule has 0 unspecified atom stereocenters. The highest BCUT2D eigenvalue weighted by molar-refractivity contribution is 7.89. The minimum absolute atomic E-state index is 0.0488. The quantitative estimate of drug-likeness (QED) is 0.559. The number of hydrogen-bond donors (Lipinski definition) is 1. The van der Waals surface area contributed by atoms with Gasteiger partial charge in [0.05, 0.1) is 21.9 Å². The average molecular weight is 432 g/mol. The number of hydrogen-bond acceptors (Lipinski definition) is 5. The van der Waals surface area contributed by atoms with Crippen molar-refractivity contribution in [3.05, 3.63) is 71.3 Å². The predicted octanol–water partition coefficient (Wildman–Crippen LogP) is 3.36. The molecule has 0 fully saturated rings. The van der Waals surface area contributed by atoms with E-state index in [4.69, 9.17) is 21.5 Å². The lowest BCUT2D eigenvalue weighted by Crippen LogP contribution is -2.21. The lowest BCUT2D eigenvalue weighted by Gasteiger charge is -2.12. The van der Waals surface area contributed by atoms with Crippen LogP contribution in [0.3, 0.4) is 0 Å². The van der Waals surface area contributed by atoms with Crippen LogP contribution >= 0.6 is 11.6 Å². The molecule has 2 N–H and O–H groups in total. The number of carbonyl (C=O) groups is 1. The summed E-state index contributed by atoms with van der Waals surface area (Å²) in [6.07, 6.45) is 3.27. The molecule has 2 aromatic rings. The Hall–Kier alpha value is -2.94. The molecule has 1 heterocycles. The van der Waals surface area contributed by atoms with Crippen LogP contribution in [0.15, 0.2) is 70.7 Å². The maximum atomic E-state index is 12.9. The molecule has 29 heavy (non-hydrogen) atoms. The van der Waals surface area contributed by atoms with Crippen LogP contribution in [0, 0.1) is 0 Å². The van der Waals surface area contributed by atoms with Gasteiger partial charge in [0.1, 0.15) is 12.4 Å². The van der Waals surface area contributed by atoms with E-state index in [-0.39, 0.29) is 10.8 Å². The van der Waals surface area contributed by atoms with E-state index < -0.39 is 10.0 Å². The van der Waals surface area contributed by atoms with Gasteiger partial charge in [0.2, 0.25) is 10.0 Å². The summed E-state index contributed by atoms with van der Waals surface area (Å²) in [7, 11) is -3.82. The first-order valence-electron chi connectivity index (χ1n) is 8.48. The normalized spacial score (nSPS) is 15.6. The van der Waals surface area contributed by atoms with E-state index in [0.29, 0.717) is 39.9 Å². The molecular weight excluding hydrogens is 414 g/mol. The van der Waals surface area contributed by atoms with Crippen molar-refractivity contribution in [2.24, 2.45) is 10.2 Å². The summed E-state index contributed by atoms with van der Waals surface area (Å²) in [4.78, 5) is 12.9. The van der Waals surface area contributed by atoms with Gasteiger partial charge in [-0.25, -0.2) is 13.6 Å². The van der Waals surface area contributed by atoms with E-state index in [9.17, 15) is 13.2 Å². The van der Waals surface area contributed by atoms with Crippen LogP contribution in [-0.2, 0) is 14.8 Å². The van der Waals surface area contributed by atoms with E-state index in [0.717, 1.165) is 0 Å². The molecule has 2 aromatic carbocycles. The van der Waals surface area contributed by atoms with Gasteiger partial charge in [-0.2, -0.15) is 10.1 Å². The molecule has 1 amide bonds. The van der Waals surface area contributed by atoms with Gasteiger partial charge < -0.3 is 4.74 Å². The molecule has 3 rings (SSSR count). The maximum absolute atomic E-state index is 12.9. The molecule has 0 spiro atoms. The van der Waals surface area contributed by atoms with Crippen LogP contribution in [0.2, 0.25) is 5.02 Å². The minimum atomic E-state index is -3.82. The van der Waals surface area contributed by atoms with Gasteiger partial charge in [0.25, 0.3) is 5.91 Å². The zero-order valence-corrected chi connectivity index (χ0v) is 17.1. The number of primary sulfonamides is 1. The van der Waals surface area contributed by atoms with Crippen molar-refractivity contribution < 1.29 is 17.9 Å². The number of ether oxygens (including phenoxy) is 1. The van der Waals surface area contributed by atoms with E-state index in [1.807, 2.05) is 0 Å². The van der Waals surface area contributed by atoms with Gasteiger partial charge in [0.15, 0.2) is 0 Å². The van der Waals surface area contributed by atoms with Gasteiger partial charge in [-0.3, -0.25) is 4.79 Å². The van der Waals surface area contributed by atoms with E-state index >= 15 is 0 Å². The monoisotopic (exact) mass is 431 g/mol. The van der Waals surface area contributed by atoms with Crippen molar-refractivity contribution in [1.29, 1.82) is 0 Å². The second-order valence-corrected chi connectivity index (χ2v) is 8.18. The number of amides is 1. The van der Waals surface area contributed by atoms with Crippen LogP contribution in [-0.4, -0.2) is 26.6 Å². The maximum Gasteiger partial charge on any atom is 0.280 e. The Morgan fingerprint density at radius 2 is 1.93 bits per heavy atom. The number of anilines is 1. The molecule has 1 aliphatic heterocycles. The summed E-state index contributed by atoms with van der Waals surface area (Å²) in [6, 6.07) is 10.7. The molecule has 7 nitrogen and oxygen atoms in total. The molecule has 9 heteroatoms. The Kier molecular flexibility index (Phi) is 5.88. The molecule has 0 saturated heterocycles. The van der Waals surface area contributed by atoms with Crippen LogP contribution in [0.5, 0.6) is 5.75 Å². The summed E-state index contributed by atoms with van der Waals surface area (Å²) in [6.45, 7) is 5.64. The lowest BCUT2D eigenvalue weighted by atomic mass is 10.1. The number of benzene rings is 2. The largest absolute Gasteiger partial charge is 0.489 e. The third kappa shape index (κ3) is 4.56. The zero-order chi connectivity index (χ0) is 21.2. The van der Waals surface area contributed by atoms with Gasteiger partial charge in [-0.15, -0.1) is 0 Å². The predicted molar refractivity (Wildman–Crippen MR) is 114 cm³/mol. The number of hydrazone groups is 1. The van der Waals surface area contributed by atoms with Crippen molar-refractivity contribution in [3.63, 3.8) is 0 Å². The number of rotatable bonds is 6. The highest BCUT2D eigenvalue weighted by atomic mass is 35.5. The van der Waals surface area contributed by atoms with E-state index in [1.54, 1.807) is 37.3 Å². The summed E-state index contributed by atoms with van der Waals surface area (Å²) in [5.41, 5.74) is 1.91. The smallest absolute Gasteiger partial charge is 0.280 e. The number of nitrogens with zero attached hydrogens (tertiary/aromatic N) is 2. The van der Waals surface area contributed by atoms with Crippen molar-refractivity contribution in [3.8, 4) is 5.75 Å². The summed E-state index contributed by atoms with van der Waals surface area (Å²) < 4.78 is 28.4. The third-order valence-corrected chi connectivity index (χ3v) is 5.27. The van der Waals surface area contributed by atoms with E-state index in [1.165, 1.54) is 29.3 Å². The van der Waals surface area contributed by atoms with Gasteiger partial charge >= 0.3 is 0 Å². The van der Waals surface area contributed by atoms with Crippen molar-refractivity contribution >= 4 is 45.0 Å². The lowest BCUT2D eigenvalue weighted by molar-refractivity contribution is -0.114. The summed E-state index contributed by atoms with van der Waals surface area (Å²) in [5, 5.41) is 11.1. The summed E-state index contributed by atoms with van der Waals surface area (Å²) >= 11 is 6.10. The van der Waals surface area contributed by atoms with Crippen LogP contribution in [0.1, 0.15) is 12.5 Å². The molecule has 0 aliphatic carbocycles. The number of nitrogens with two attached hydrogens (primary N) is 1. The SMILES string of the molecule is C=CCOc1ccc(Cl)cc1/C=C1\C(=O)N(c2ccc(S(N)(=O)=O)cc2)N=C1C. The average Bonchev–Trinajstić information content (AvgIpc) is 2.95. The number of carbonyl (C=O) groups excluding carboxylic acids is 1. The first-order valence-corrected chi connectivity index (χ1v) is 10.4. The van der Waals surface area contributed by atoms with Gasteiger partial charge in [0, 0.05) is 10.6 Å². The number of sulfonamides is 1. The fourth-order valence-electron chi connectivity index (χ4n) is 2.70. The molecule has 0 radical (unpaired) electrons. The second kappa shape index (κ2) is 8.20. The molecule has 150 valence electrons. The summed E-state index contributed by atoms with van der Waals surface area (Å²) in [5.74, 6) is 0.193. The van der Waals surface area contributed by atoms with Crippen LogP contribution < -0.4 is 14.9 Å². The van der Waals surface area contributed by atoms with Gasteiger partial charge in [-0.05, 0) is 55.5 Å². The first kappa shape index (κ1) is 20.8. The Morgan fingerprint density at radius 1 is 1.24 bits per heavy atom. The molecule has 0 saturated carbocycles.